The summed E-state index contributed by atoms with van der Waals surface area (Å²) < 4.78 is 0. The van der Waals surface area contributed by atoms with Gasteiger partial charge in [0.1, 0.15) is 6.04 Å². The Kier molecular flexibility index (Phi) is 7.82. The van der Waals surface area contributed by atoms with Crippen LogP contribution in [0.4, 0.5) is 0 Å². The minimum absolute atomic E-state index is 0.0106. The number of benzene rings is 3. The van der Waals surface area contributed by atoms with Crippen LogP contribution in [-0.2, 0) is 22.6 Å². The van der Waals surface area contributed by atoms with Crippen molar-refractivity contribution in [2.24, 2.45) is 0 Å². The summed E-state index contributed by atoms with van der Waals surface area (Å²) in [6.07, 6.45) is 1.86. The van der Waals surface area contributed by atoms with Crippen molar-refractivity contribution in [3.63, 3.8) is 0 Å². The summed E-state index contributed by atoms with van der Waals surface area (Å²) in [6.45, 7) is 6.25. The van der Waals surface area contributed by atoms with Crippen LogP contribution >= 0.6 is 0 Å². The van der Waals surface area contributed by atoms with Gasteiger partial charge in [-0.15, -0.1) is 0 Å². The number of rotatable bonds is 9. The second kappa shape index (κ2) is 10.8. The van der Waals surface area contributed by atoms with Crippen LogP contribution < -0.4 is 5.32 Å². The number of carbonyl (C=O) groups is 2. The first-order valence-electron chi connectivity index (χ1n) is 11.1. The number of fused-ring (bicyclic) bond motifs is 1. The molecule has 0 saturated heterocycles. The molecule has 2 atom stereocenters. The molecule has 0 aliphatic rings. The molecule has 4 nitrogen and oxygen atoms in total. The van der Waals surface area contributed by atoms with Crippen molar-refractivity contribution in [2.75, 3.05) is 0 Å². The molecule has 0 spiro atoms. The Labute approximate surface area is 185 Å². The first-order valence-corrected chi connectivity index (χ1v) is 11.1. The first-order chi connectivity index (χ1) is 15.0. The lowest BCUT2D eigenvalue weighted by molar-refractivity contribution is -0.140. The summed E-state index contributed by atoms with van der Waals surface area (Å²) in [4.78, 5) is 27.8. The van der Waals surface area contributed by atoms with E-state index in [0.29, 0.717) is 19.4 Å². The van der Waals surface area contributed by atoms with Crippen molar-refractivity contribution in [3.8, 4) is 0 Å². The molecule has 2 unspecified atom stereocenters. The highest BCUT2D eigenvalue weighted by Crippen LogP contribution is 2.21. The van der Waals surface area contributed by atoms with Gasteiger partial charge in [0.05, 0.1) is 0 Å². The first kappa shape index (κ1) is 22.5. The Bertz CT molecular complexity index is 1010. The van der Waals surface area contributed by atoms with Crippen LogP contribution in [0, 0.1) is 0 Å². The van der Waals surface area contributed by atoms with Gasteiger partial charge in [0.15, 0.2) is 0 Å². The van der Waals surface area contributed by atoms with Gasteiger partial charge in [0.2, 0.25) is 11.8 Å². The standard InChI is InChI=1S/C27H32N2O2/c1-4-20(2)28-27(31)21(3)29(19-22-11-6-5-7-12-22)26(30)18-17-24-15-10-14-23-13-8-9-16-25(23)24/h5-16,20-21H,4,17-19H2,1-3H3,(H,28,31). The highest BCUT2D eigenvalue weighted by atomic mass is 16.2. The van der Waals surface area contributed by atoms with Crippen LogP contribution in [0.2, 0.25) is 0 Å². The fraction of sp³-hybridized carbons (Fsp3) is 0.333. The molecule has 2 amide bonds. The van der Waals surface area contributed by atoms with Crippen molar-refractivity contribution < 1.29 is 9.59 Å². The minimum Gasteiger partial charge on any atom is -0.352 e. The van der Waals surface area contributed by atoms with E-state index in [1.165, 1.54) is 10.8 Å². The molecule has 0 aromatic heterocycles. The summed E-state index contributed by atoms with van der Waals surface area (Å²) in [5.41, 5.74) is 2.17. The van der Waals surface area contributed by atoms with E-state index in [9.17, 15) is 9.59 Å². The molecule has 4 heteroatoms. The summed E-state index contributed by atoms with van der Waals surface area (Å²) >= 11 is 0. The maximum absolute atomic E-state index is 13.3. The monoisotopic (exact) mass is 416 g/mol. The Balaban J connectivity index is 1.77. The molecule has 162 valence electrons. The predicted octanol–water partition coefficient (Wildman–Crippen LogP) is 5.10. The quantitative estimate of drug-likeness (QED) is 0.527. The summed E-state index contributed by atoms with van der Waals surface area (Å²) in [6, 6.07) is 23.8. The van der Waals surface area contributed by atoms with Crippen LogP contribution in [0.5, 0.6) is 0 Å². The third-order valence-electron chi connectivity index (χ3n) is 5.85. The zero-order chi connectivity index (χ0) is 22.2. The molecule has 0 aliphatic heterocycles. The zero-order valence-electron chi connectivity index (χ0n) is 18.7. The van der Waals surface area contributed by atoms with Gasteiger partial charge in [-0.25, -0.2) is 0 Å². The molecular formula is C27H32N2O2. The SMILES string of the molecule is CCC(C)NC(=O)C(C)N(Cc1ccccc1)C(=O)CCc1cccc2ccccc12. The van der Waals surface area contributed by atoms with Gasteiger partial charge in [-0.05, 0) is 48.6 Å². The summed E-state index contributed by atoms with van der Waals surface area (Å²) in [5.74, 6) is -0.118. The second-order valence-corrected chi connectivity index (χ2v) is 8.14. The number of aryl methyl sites for hydroxylation is 1. The van der Waals surface area contributed by atoms with E-state index in [1.807, 2.05) is 69.3 Å². The molecule has 1 N–H and O–H groups in total. The van der Waals surface area contributed by atoms with Crippen molar-refractivity contribution >= 4 is 22.6 Å². The van der Waals surface area contributed by atoms with Crippen LogP contribution in [0.1, 0.15) is 44.7 Å². The van der Waals surface area contributed by atoms with Gasteiger partial charge in [-0.2, -0.15) is 0 Å². The molecule has 31 heavy (non-hydrogen) atoms. The lowest BCUT2D eigenvalue weighted by atomic mass is 10.0. The topological polar surface area (TPSA) is 49.4 Å². The molecule has 0 aliphatic carbocycles. The van der Waals surface area contributed by atoms with E-state index in [2.05, 4.69) is 29.6 Å². The maximum atomic E-state index is 13.3. The number of hydrogen-bond donors (Lipinski definition) is 1. The van der Waals surface area contributed by atoms with Gasteiger partial charge >= 0.3 is 0 Å². The highest BCUT2D eigenvalue weighted by molar-refractivity contribution is 5.89. The average molecular weight is 417 g/mol. The highest BCUT2D eigenvalue weighted by Gasteiger charge is 2.26. The predicted molar refractivity (Wildman–Crippen MR) is 127 cm³/mol. The number of nitrogens with zero attached hydrogens (tertiary/aromatic N) is 1. The molecule has 3 aromatic carbocycles. The Morgan fingerprint density at radius 1 is 0.903 bits per heavy atom. The summed E-state index contributed by atoms with van der Waals surface area (Å²) in [7, 11) is 0. The van der Waals surface area contributed by atoms with Crippen molar-refractivity contribution in [1.29, 1.82) is 0 Å². The van der Waals surface area contributed by atoms with E-state index >= 15 is 0 Å². The number of carbonyl (C=O) groups excluding carboxylic acids is 2. The Morgan fingerprint density at radius 2 is 1.58 bits per heavy atom. The number of amides is 2. The molecule has 0 radical (unpaired) electrons. The number of nitrogens with one attached hydrogen (secondary N) is 1. The molecule has 3 aromatic rings. The van der Waals surface area contributed by atoms with Gasteiger partial charge in [-0.1, -0.05) is 79.7 Å². The van der Waals surface area contributed by atoms with Crippen molar-refractivity contribution in [3.05, 3.63) is 83.9 Å². The Morgan fingerprint density at radius 3 is 2.32 bits per heavy atom. The van der Waals surface area contributed by atoms with Crippen LogP contribution in [-0.4, -0.2) is 28.8 Å². The molecular weight excluding hydrogens is 384 g/mol. The zero-order valence-corrected chi connectivity index (χ0v) is 18.7. The van der Waals surface area contributed by atoms with E-state index in [4.69, 9.17) is 0 Å². The normalized spacial score (nSPS) is 12.9. The average Bonchev–Trinajstić information content (AvgIpc) is 2.81. The lowest BCUT2D eigenvalue weighted by Gasteiger charge is -2.30. The maximum Gasteiger partial charge on any atom is 0.242 e. The molecule has 3 rings (SSSR count). The largest absolute Gasteiger partial charge is 0.352 e. The lowest BCUT2D eigenvalue weighted by Crippen LogP contribution is -2.49. The van der Waals surface area contributed by atoms with Crippen molar-refractivity contribution in [1.82, 2.24) is 10.2 Å². The third kappa shape index (κ3) is 5.94. The van der Waals surface area contributed by atoms with Crippen LogP contribution in [0.3, 0.4) is 0 Å². The molecule has 0 bridgehead atoms. The van der Waals surface area contributed by atoms with Gasteiger partial charge < -0.3 is 10.2 Å². The van der Waals surface area contributed by atoms with Crippen molar-refractivity contribution in [2.45, 2.75) is 58.7 Å². The minimum atomic E-state index is -0.533. The Hall–Kier alpha value is -3.14. The van der Waals surface area contributed by atoms with Gasteiger partial charge in [0.25, 0.3) is 0 Å². The van der Waals surface area contributed by atoms with E-state index in [1.54, 1.807) is 4.90 Å². The molecule has 0 heterocycles. The van der Waals surface area contributed by atoms with Gasteiger partial charge in [-0.3, -0.25) is 9.59 Å². The van der Waals surface area contributed by atoms with Gasteiger partial charge in [0, 0.05) is 19.0 Å². The van der Waals surface area contributed by atoms with E-state index < -0.39 is 6.04 Å². The van der Waals surface area contributed by atoms with E-state index in [0.717, 1.165) is 17.5 Å². The fourth-order valence-electron chi connectivity index (χ4n) is 3.72. The summed E-state index contributed by atoms with van der Waals surface area (Å²) in [5, 5.41) is 5.37. The molecule has 0 saturated carbocycles. The third-order valence-corrected chi connectivity index (χ3v) is 5.85. The number of hydrogen-bond acceptors (Lipinski definition) is 2. The molecule has 0 fully saturated rings. The van der Waals surface area contributed by atoms with Crippen LogP contribution in [0.15, 0.2) is 72.8 Å². The smallest absolute Gasteiger partial charge is 0.242 e. The van der Waals surface area contributed by atoms with Crippen LogP contribution in [0.25, 0.3) is 10.8 Å². The second-order valence-electron chi connectivity index (χ2n) is 8.14. The fourth-order valence-corrected chi connectivity index (χ4v) is 3.72. The van der Waals surface area contributed by atoms with E-state index in [-0.39, 0.29) is 17.9 Å².